The molecule has 0 N–H and O–H groups in total. The molecular formula is C25H28N4O2. The number of carbonyl (C=O) groups excluding carboxylic acids is 1. The largest absolute Gasteiger partial charge is 0.483 e. The van der Waals surface area contributed by atoms with Gasteiger partial charge in [0.15, 0.2) is 12.4 Å². The van der Waals surface area contributed by atoms with Crippen molar-refractivity contribution in [3.8, 4) is 17.0 Å². The van der Waals surface area contributed by atoms with E-state index in [1.165, 1.54) is 5.56 Å². The average Bonchev–Trinajstić information content (AvgIpc) is 2.82. The fourth-order valence-corrected chi connectivity index (χ4v) is 3.81. The van der Waals surface area contributed by atoms with E-state index in [2.05, 4.69) is 28.1 Å². The fraction of sp³-hybridized carbons (Fsp3) is 0.320. The zero-order valence-corrected chi connectivity index (χ0v) is 18.3. The number of hydrogen-bond acceptors (Lipinski definition) is 5. The van der Waals surface area contributed by atoms with E-state index >= 15 is 0 Å². The molecule has 3 aromatic rings. The lowest BCUT2D eigenvalue weighted by molar-refractivity contribution is -0.133. The summed E-state index contributed by atoms with van der Waals surface area (Å²) in [5.41, 5.74) is 5.22. The van der Waals surface area contributed by atoms with Gasteiger partial charge in [0.05, 0.1) is 5.69 Å². The van der Waals surface area contributed by atoms with Crippen LogP contribution in [0, 0.1) is 20.8 Å². The minimum absolute atomic E-state index is 0.0189. The van der Waals surface area contributed by atoms with E-state index in [9.17, 15) is 4.79 Å². The number of anilines is 1. The van der Waals surface area contributed by atoms with Gasteiger partial charge in [-0.05, 0) is 49.6 Å². The van der Waals surface area contributed by atoms with Crippen LogP contribution in [-0.4, -0.2) is 53.8 Å². The smallest absolute Gasteiger partial charge is 0.260 e. The van der Waals surface area contributed by atoms with Crippen molar-refractivity contribution in [3.05, 3.63) is 71.3 Å². The third-order valence-electron chi connectivity index (χ3n) is 5.89. The van der Waals surface area contributed by atoms with Gasteiger partial charge in [-0.25, -0.2) is 0 Å². The lowest BCUT2D eigenvalue weighted by atomic mass is 10.1. The first-order valence-corrected chi connectivity index (χ1v) is 10.6. The standard InChI is InChI=1S/C25H28N4O2/c1-18-9-10-19(2)25(20(18)3)31-17-24(30)29-15-13-28(14-16-29)23-12-11-22(26-27-23)21-7-5-4-6-8-21/h4-12H,13-17H2,1-3H3. The maximum atomic E-state index is 12.7. The number of benzene rings is 2. The van der Waals surface area contributed by atoms with Gasteiger partial charge >= 0.3 is 0 Å². The third-order valence-corrected chi connectivity index (χ3v) is 5.89. The van der Waals surface area contributed by atoms with Gasteiger partial charge in [0.1, 0.15) is 5.75 Å². The van der Waals surface area contributed by atoms with Crippen LogP contribution in [0.2, 0.25) is 0 Å². The lowest BCUT2D eigenvalue weighted by Gasteiger charge is -2.35. The minimum Gasteiger partial charge on any atom is -0.483 e. The molecule has 4 rings (SSSR count). The molecule has 1 aromatic heterocycles. The Labute approximate surface area is 183 Å². The second-order valence-corrected chi connectivity index (χ2v) is 7.95. The van der Waals surface area contributed by atoms with Crippen molar-refractivity contribution in [2.45, 2.75) is 20.8 Å². The van der Waals surface area contributed by atoms with Crippen molar-refractivity contribution in [2.24, 2.45) is 0 Å². The maximum Gasteiger partial charge on any atom is 0.260 e. The molecule has 1 saturated heterocycles. The molecule has 0 saturated carbocycles. The van der Waals surface area contributed by atoms with E-state index in [4.69, 9.17) is 4.74 Å². The Morgan fingerprint density at radius 3 is 2.26 bits per heavy atom. The second kappa shape index (κ2) is 9.16. The van der Waals surface area contributed by atoms with Crippen molar-refractivity contribution in [2.75, 3.05) is 37.7 Å². The van der Waals surface area contributed by atoms with Crippen LogP contribution in [0.15, 0.2) is 54.6 Å². The summed E-state index contributed by atoms with van der Waals surface area (Å²) < 4.78 is 5.90. The van der Waals surface area contributed by atoms with Crippen molar-refractivity contribution in [1.29, 1.82) is 0 Å². The molecule has 0 unspecified atom stereocenters. The number of piperazine rings is 1. The number of rotatable bonds is 5. The van der Waals surface area contributed by atoms with E-state index in [0.29, 0.717) is 13.1 Å². The van der Waals surface area contributed by atoms with Gasteiger partial charge in [-0.3, -0.25) is 4.79 Å². The van der Waals surface area contributed by atoms with Crippen LogP contribution in [-0.2, 0) is 4.79 Å². The van der Waals surface area contributed by atoms with Crippen LogP contribution in [0.3, 0.4) is 0 Å². The van der Waals surface area contributed by atoms with Gasteiger partial charge in [-0.2, -0.15) is 0 Å². The van der Waals surface area contributed by atoms with Crippen LogP contribution in [0.4, 0.5) is 5.82 Å². The van der Waals surface area contributed by atoms with E-state index < -0.39 is 0 Å². The predicted molar refractivity (Wildman–Crippen MR) is 122 cm³/mol. The van der Waals surface area contributed by atoms with Crippen molar-refractivity contribution < 1.29 is 9.53 Å². The quantitative estimate of drug-likeness (QED) is 0.633. The normalized spacial score (nSPS) is 13.9. The van der Waals surface area contributed by atoms with Crippen LogP contribution in [0.25, 0.3) is 11.3 Å². The molecule has 1 fully saturated rings. The predicted octanol–water partition coefficient (Wildman–Crippen LogP) is 3.80. The summed E-state index contributed by atoms with van der Waals surface area (Å²) in [6, 6.07) is 18.1. The molecule has 0 aliphatic carbocycles. The number of carbonyl (C=O) groups is 1. The van der Waals surface area contributed by atoms with Gasteiger partial charge in [-0.1, -0.05) is 42.5 Å². The topological polar surface area (TPSA) is 58.6 Å². The van der Waals surface area contributed by atoms with Crippen molar-refractivity contribution in [1.82, 2.24) is 15.1 Å². The second-order valence-electron chi connectivity index (χ2n) is 7.95. The Morgan fingerprint density at radius 1 is 0.871 bits per heavy atom. The van der Waals surface area contributed by atoms with Gasteiger partial charge in [0, 0.05) is 31.7 Å². The molecule has 2 heterocycles. The molecule has 6 nitrogen and oxygen atoms in total. The molecule has 1 amide bonds. The molecule has 1 aliphatic heterocycles. The SMILES string of the molecule is Cc1ccc(C)c(OCC(=O)N2CCN(c3ccc(-c4ccccc4)nn3)CC2)c1C. The molecule has 0 atom stereocenters. The maximum absolute atomic E-state index is 12.7. The summed E-state index contributed by atoms with van der Waals surface area (Å²) >= 11 is 0. The number of aromatic nitrogens is 2. The zero-order valence-electron chi connectivity index (χ0n) is 18.3. The Hall–Kier alpha value is -3.41. The molecule has 0 radical (unpaired) electrons. The average molecular weight is 417 g/mol. The number of ether oxygens (including phenoxy) is 1. The molecule has 0 spiro atoms. The Bertz CT molecular complexity index is 1040. The highest BCUT2D eigenvalue weighted by molar-refractivity contribution is 5.78. The van der Waals surface area contributed by atoms with E-state index in [0.717, 1.165) is 47.0 Å². The van der Waals surface area contributed by atoms with E-state index in [1.807, 2.05) is 67.3 Å². The van der Waals surface area contributed by atoms with Gasteiger partial charge in [-0.15, -0.1) is 10.2 Å². The first-order chi connectivity index (χ1) is 15.0. The Morgan fingerprint density at radius 2 is 1.58 bits per heavy atom. The zero-order chi connectivity index (χ0) is 21.8. The highest BCUT2D eigenvalue weighted by Crippen LogP contribution is 2.26. The summed E-state index contributed by atoms with van der Waals surface area (Å²) in [5, 5.41) is 8.77. The monoisotopic (exact) mass is 416 g/mol. The van der Waals surface area contributed by atoms with Crippen LogP contribution in [0.1, 0.15) is 16.7 Å². The van der Waals surface area contributed by atoms with E-state index in [1.54, 1.807) is 0 Å². The Kier molecular flexibility index (Phi) is 6.16. The molecule has 6 heteroatoms. The molecule has 1 aliphatic rings. The minimum atomic E-state index is 0.0189. The molecule has 2 aromatic carbocycles. The van der Waals surface area contributed by atoms with Gasteiger partial charge < -0.3 is 14.5 Å². The van der Waals surface area contributed by atoms with Crippen LogP contribution < -0.4 is 9.64 Å². The number of nitrogens with zero attached hydrogens (tertiary/aromatic N) is 4. The van der Waals surface area contributed by atoms with Gasteiger partial charge in [0.2, 0.25) is 0 Å². The fourth-order valence-electron chi connectivity index (χ4n) is 3.81. The van der Waals surface area contributed by atoms with Crippen LogP contribution >= 0.6 is 0 Å². The summed E-state index contributed by atoms with van der Waals surface area (Å²) in [5.74, 6) is 1.68. The summed E-state index contributed by atoms with van der Waals surface area (Å²) in [6.07, 6.45) is 0. The summed E-state index contributed by atoms with van der Waals surface area (Å²) in [7, 11) is 0. The van der Waals surface area contributed by atoms with Crippen LogP contribution in [0.5, 0.6) is 5.75 Å². The number of hydrogen-bond donors (Lipinski definition) is 0. The Balaban J connectivity index is 1.31. The first kappa shape index (κ1) is 20.8. The molecule has 31 heavy (non-hydrogen) atoms. The molecule has 160 valence electrons. The number of amides is 1. The third kappa shape index (κ3) is 4.68. The molecular weight excluding hydrogens is 388 g/mol. The van der Waals surface area contributed by atoms with E-state index in [-0.39, 0.29) is 12.5 Å². The highest BCUT2D eigenvalue weighted by Gasteiger charge is 2.23. The molecule has 0 bridgehead atoms. The number of aryl methyl sites for hydroxylation is 2. The van der Waals surface area contributed by atoms with Crippen molar-refractivity contribution in [3.63, 3.8) is 0 Å². The highest BCUT2D eigenvalue weighted by atomic mass is 16.5. The summed E-state index contributed by atoms with van der Waals surface area (Å²) in [4.78, 5) is 16.7. The summed E-state index contributed by atoms with van der Waals surface area (Å²) in [6.45, 7) is 8.92. The van der Waals surface area contributed by atoms with Gasteiger partial charge in [0.25, 0.3) is 5.91 Å². The van der Waals surface area contributed by atoms with Crippen molar-refractivity contribution >= 4 is 11.7 Å². The first-order valence-electron chi connectivity index (χ1n) is 10.6. The lowest BCUT2D eigenvalue weighted by Crippen LogP contribution is -2.50.